The summed E-state index contributed by atoms with van der Waals surface area (Å²) in [7, 11) is -1.94. The van der Waals surface area contributed by atoms with E-state index in [1.807, 2.05) is 0 Å². The Morgan fingerprint density at radius 2 is 1.09 bits per heavy atom. The molecule has 1 atom stereocenters. The summed E-state index contributed by atoms with van der Waals surface area (Å²) in [6.45, 7) is 15.0. The van der Waals surface area contributed by atoms with Crippen molar-refractivity contribution in [1.82, 2.24) is 4.90 Å². The fourth-order valence-electron chi connectivity index (χ4n) is 9.11. The molecule has 0 bridgehead atoms. The maximum absolute atomic E-state index is 7.35. The van der Waals surface area contributed by atoms with Crippen LogP contribution in [-0.2, 0) is 6.54 Å². The normalized spacial score (nSPS) is 15.1. The summed E-state index contributed by atoms with van der Waals surface area (Å²) in [6, 6.07) is 46.5. The number of aryl methyl sites for hydroxylation is 4. The Morgan fingerprint density at radius 1 is 0.618 bits per heavy atom. The number of nitrogens with zero attached hydrogens (tertiary/aromatic N) is 1. The molecule has 2 heterocycles. The van der Waals surface area contributed by atoms with E-state index in [9.17, 15) is 0 Å². The van der Waals surface area contributed by atoms with Crippen molar-refractivity contribution in [1.29, 1.82) is 0 Å². The molecule has 0 aliphatic carbocycles. The van der Waals surface area contributed by atoms with Gasteiger partial charge in [0, 0.05) is 34.5 Å². The zero-order valence-corrected chi connectivity index (χ0v) is 33.5. The first kappa shape index (κ1) is 35.6. The minimum Gasteiger partial charge on any atom is -0.398 e. The number of benzene rings is 7. The van der Waals surface area contributed by atoms with Crippen LogP contribution in [0.2, 0.25) is 0 Å². The third-order valence-electron chi connectivity index (χ3n) is 11.4. The molecule has 1 aliphatic rings. The van der Waals surface area contributed by atoms with Gasteiger partial charge in [-0.15, -0.1) is 0 Å². The van der Waals surface area contributed by atoms with Crippen molar-refractivity contribution in [2.24, 2.45) is 0 Å². The van der Waals surface area contributed by atoms with Crippen molar-refractivity contribution in [3.8, 4) is 22.3 Å². The van der Waals surface area contributed by atoms with E-state index < -0.39 is 13.8 Å². The molecule has 1 aliphatic heterocycles. The van der Waals surface area contributed by atoms with Gasteiger partial charge in [-0.1, -0.05) is 138 Å². The van der Waals surface area contributed by atoms with Gasteiger partial charge >= 0.3 is 8.24 Å². The van der Waals surface area contributed by atoms with Crippen molar-refractivity contribution < 1.29 is 12.9 Å². The van der Waals surface area contributed by atoms with Crippen LogP contribution in [0.5, 0.6) is 0 Å². The number of rotatable bonds is 7. The highest BCUT2D eigenvalue weighted by atomic mass is 31.1. The van der Waals surface area contributed by atoms with Crippen LogP contribution in [0, 0.1) is 27.7 Å². The van der Waals surface area contributed by atoms with Crippen LogP contribution in [-0.4, -0.2) is 23.1 Å². The Hall–Kier alpha value is -5.12. The van der Waals surface area contributed by atoms with Gasteiger partial charge in [0.1, 0.15) is 0 Å². The fourth-order valence-corrected chi connectivity index (χ4v) is 10.4. The van der Waals surface area contributed by atoms with Crippen LogP contribution in [0.3, 0.4) is 0 Å². The Balaban J connectivity index is 1.39. The topological polar surface area (TPSA) is 38.8 Å². The molecule has 55 heavy (non-hydrogen) atoms. The molecule has 8 aromatic rings. The van der Waals surface area contributed by atoms with Crippen LogP contribution in [0.25, 0.3) is 65.7 Å². The first-order valence-electron chi connectivity index (χ1n) is 19.5. The number of hydrogen-bond acceptors (Lipinski definition) is 4. The standard InChI is InChI=1S/C50H48NO3P/c1-32-23-33(2)26-39(25-32)43-29-37-17-10-12-19-41(37)46-47-42-20-13-11-18-38(42)30-44(40-27-34(3)24-35(4)28-40)49(47)53-55(52-48(43)46)54-50(5,6)45-21-14-22-51(45)31-36-15-8-7-9-16-36/h7-13,15-20,23-30,45H,14,21-22,31H2,1-6H3/t45-/m0/s1. The molecule has 0 spiro atoms. The van der Waals surface area contributed by atoms with Crippen molar-refractivity contribution in [2.45, 2.75) is 72.6 Å². The summed E-state index contributed by atoms with van der Waals surface area (Å²) in [5.74, 6) is 0. The average molecular weight is 742 g/mol. The molecule has 0 saturated carbocycles. The highest BCUT2D eigenvalue weighted by molar-refractivity contribution is 7.32. The van der Waals surface area contributed by atoms with Gasteiger partial charge in [-0.25, -0.2) is 0 Å². The lowest BCUT2D eigenvalue weighted by molar-refractivity contribution is 0.0476. The molecule has 0 radical (unpaired) electrons. The van der Waals surface area contributed by atoms with Gasteiger partial charge in [-0.3, -0.25) is 9.42 Å². The van der Waals surface area contributed by atoms with Crippen LogP contribution < -0.4 is 4.52 Å². The molecule has 1 fully saturated rings. The second-order valence-corrected chi connectivity index (χ2v) is 17.2. The van der Waals surface area contributed by atoms with Crippen molar-refractivity contribution in [2.75, 3.05) is 6.54 Å². The monoisotopic (exact) mass is 741 g/mol. The third kappa shape index (κ3) is 6.78. The van der Waals surface area contributed by atoms with E-state index in [-0.39, 0.29) is 6.04 Å². The molecular formula is C50H48NO3P. The summed E-state index contributed by atoms with van der Waals surface area (Å²) in [5, 5.41) is 6.64. The summed E-state index contributed by atoms with van der Waals surface area (Å²) in [6.07, 6.45) is 2.17. The lowest BCUT2D eigenvalue weighted by Gasteiger charge is -2.36. The molecule has 7 aromatic carbocycles. The summed E-state index contributed by atoms with van der Waals surface area (Å²) in [5.41, 5.74) is 11.5. The van der Waals surface area contributed by atoms with Crippen LogP contribution in [0.1, 0.15) is 54.5 Å². The number of likely N-dealkylation sites (tertiary alicyclic amines) is 1. The van der Waals surface area contributed by atoms with Crippen LogP contribution >= 0.6 is 8.24 Å². The van der Waals surface area contributed by atoms with Gasteiger partial charge < -0.3 is 8.39 Å². The quantitative estimate of drug-likeness (QED) is 0.163. The predicted molar refractivity (Wildman–Crippen MR) is 232 cm³/mol. The first-order valence-corrected chi connectivity index (χ1v) is 20.6. The van der Waals surface area contributed by atoms with E-state index in [0.29, 0.717) is 0 Å². The van der Waals surface area contributed by atoms with Crippen LogP contribution in [0.4, 0.5) is 0 Å². The zero-order chi connectivity index (χ0) is 37.8. The number of fused-ring (bicyclic) bond motifs is 7. The lowest BCUT2D eigenvalue weighted by atomic mass is 9.90. The summed E-state index contributed by atoms with van der Waals surface area (Å²) < 4.78 is 22.0. The van der Waals surface area contributed by atoms with Crippen molar-refractivity contribution in [3.05, 3.63) is 155 Å². The predicted octanol–water partition coefficient (Wildman–Crippen LogP) is 14.0. The van der Waals surface area contributed by atoms with E-state index in [1.165, 1.54) is 27.8 Å². The Kier molecular flexibility index (Phi) is 9.17. The summed E-state index contributed by atoms with van der Waals surface area (Å²) in [4.78, 5) is 2.58. The van der Waals surface area contributed by atoms with Gasteiger partial charge in [0.25, 0.3) is 0 Å². The van der Waals surface area contributed by atoms with E-state index in [2.05, 4.69) is 174 Å². The van der Waals surface area contributed by atoms with Gasteiger partial charge in [0.05, 0.1) is 5.60 Å². The van der Waals surface area contributed by atoms with Gasteiger partial charge in [0.15, 0.2) is 11.2 Å². The summed E-state index contributed by atoms with van der Waals surface area (Å²) >= 11 is 0. The highest BCUT2D eigenvalue weighted by Crippen LogP contribution is 2.48. The highest BCUT2D eigenvalue weighted by Gasteiger charge is 2.40. The third-order valence-corrected chi connectivity index (χ3v) is 12.6. The maximum Gasteiger partial charge on any atom is 0.388 e. The van der Waals surface area contributed by atoms with Crippen molar-refractivity contribution in [3.63, 3.8) is 0 Å². The number of hydrogen-bond donors (Lipinski definition) is 0. The van der Waals surface area contributed by atoms with E-state index in [1.54, 1.807) is 0 Å². The molecule has 0 N–H and O–H groups in total. The second-order valence-electron chi connectivity index (χ2n) is 16.2. The molecule has 9 rings (SSSR count). The van der Waals surface area contributed by atoms with Gasteiger partial charge in [-0.05, 0) is 111 Å². The zero-order valence-electron chi connectivity index (χ0n) is 32.6. The Labute approximate surface area is 325 Å². The maximum atomic E-state index is 7.35. The molecular weight excluding hydrogens is 694 g/mol. The van der Waals surface area contributed by atoms with E-state index in [0.717, 1.165) is 91.7 Å². The minimum atomic E-state index is -1.94. The largest absolute Gasteiger partial charge is 0.398 e. The molecule has 0 amide bonds. The molecule has 1 aromatic heterocycles. The molecule has 0 unspecified atom stereocenters. The van der Waals surface area contributed by atoms with Gasteiger partial charge in [-0.2, -0.15) is 0 Å². The minimum absolute atomic E-state index is 0.190. The first-order chi connectivity index (χ1) is 26.6. The lowest BCUT2D eigenvalue weighted by Crippen LogP contribution is -2.48. The fraction of sp³-hybridized carbons (Fsp3) is 0.240. The second kappa shape index (κ2) is 14.2. The molecule has 5 heteroatoms. The van der Waals surface area contributed by atoms with Crippen LogP contribution in [0.15, 0.2) is 136 Å². The molecule has 276 valence electrons. The van der Waals surface area contributed by atoms with Crippen molar-refractivity contribution >= 4 is 51.7 Å². The Bertz CT molecular complexity index is 2590. The van der Waals surface area contributed by atoms with E-state index >= 15 is 0 Å². The SMILES string of the molecule is Cc1cc(C)cc(-c2cc3ccccc3c3c2op(OC(C)(C)[C@@H]2CCCN2Cc2ccccc2)oc2c(-c4cc(C)cc(C)c4)cc4ccccc4c23)c1. The molecule has 1 saturated heterocycles. The Morgan fingerprint density at radius 3 is 1.60 bits per heavy atom. The molecule has 4 nitrogen and oxygen atoms in total. The van der Waals surface area contributed by atoms with E-state index in [4.69, 9.17) is 12.9 Å². The average Bonchev–Trinajstić information content (AvgIpc) is 3.56. The van der Waals surface area contributed by atoms with Gasteiger partial charge in [0.2, 0.25) is 0 Å². The smallest absolute Gasteiger partial charge is 0.388 e.